The van der Waals surface area contributed by atoms with Gasteiger partial charge in [-0.05, 0) is 17.9 Å². The SMILES string of the molecule is O=C1N[C@@H](CC2CCCCC2)C(=O)N[C@H]1COCc1ccccc1. The highest BCUT2D eigenvalue weighted by atomic mass is 16.5. The third-order valence-corrected chi connectivity index (χ3v) is 4.96. The lowest BCUT2D eigenvalue weighted by Crippen LogP contribution is -2.63. The summed E-state index contributed by atoms with van der Waals surface area (Å²) in [6.45, 7) is 0.634. The molecule has 0 aromatic heterocycles. The Hall–Kier alpha value is -1.88. The van der Waals surface area contributed by atoms with Crippen molar-refractivity contribution in [1.29, 1.82) is 0 Å². The van der Waals surface area contributed by atoms with Crippen LogP contribution in [-0.2, 0) is 20.9 Å². The maximum Gasteiger partial charge on any atom is 0.245 e. The number of carbonyl (C=O) groups is 2. The number of rotatable bonds is 6. The maximum absolute atomic E-state index is 12.3. The first-order valence-corrected chi connectivity index (χ1v) is 8.95. The van der Waals surface area contributed by atoms with Crippen molar-refractivity contribution in [3.05, 3.63) is 35.9 Å². The molecule has 24 heavy (non-hydrogen) atoms. The predicted molar refractivity (Wildman–Crippen MR) is 91.2 cm³/mol. The Labute approximate surface area is 143 Å². The van der Waals surface area contributed by atoms with Gasteiger partial charge in [0.15, 0.2) is 0 Å². The van der Waals surface area contributed by atoms with Crippen molar-refractivity contribution in [3.63, 3.8) is 0 Å². The van der Waals surface area contributed by atoms with Crippen LogP contribution in [0.2, 0.25) is 0 Å². The molecule has 130 valence electrons. The Morgan fingerprint density at radius 1 is 0.917 bits per heavy atom. The molecule has 1 saturated heterocycles. The summed E-state index contributed by atoms with van der Waals surface area (Å²) < 4.78 is 5.59. The van der Waals surface area contributed by atoms with Crippen LogP contribution in [0.4, 0.5) is 0 Å². The molecule has 3 rings (SSSR count). The quantitative estimate of drug-likeness (QED) is 0.840. The monoisotopic (exact) mass is 330 g/mol. The number of nitrogens with one attached hydrogen (secondary N) is 2. The fourth-order valence-corrected chi connectivity index (χ4v) is 3.58. The fourth-order valence-electron chi connectivity index (χ4n) is 3.58. The molecule has 1 aromatic carbocycles. The van der Waals surface area contributed by atoms with Crippen molar-refractivity contribution < 1.29 is 14.3 Å². The second-order valence-electron chi connectivity index (χ2n) is 6.86. The van der Waals surface area contributed by atoms with Gasteiger partial charge < -0.3 is 15.4 Å². The Morgan fingerprint density at radius 2 is 1.58 bits per heavy atom. The highest BCUT2D eigenvalue weighted by Crippen LogP contribution is 2.27. The molecular weight excluding hydrogens is 304 g/mol. The summed E-state index contributed by atoms with van der Waals surface area (Å²) in [4.78, 5) is 24.5. The number of piperazine rings is 1. The standard InChI is InChI=1S/C19H26N2O3/c22-18-16(11-14-7-3-1-4-8-14)20-19(23)17(21-18)13-24-12-15-9-5-2-6-10-15/h2,5-6,9-10,14,16-17H,1,3-4,7-8,11-13H2,(H,20,23)(H,21,22)/t16-,17-/m0/s1. The molecule has 2 aliphatic rings. The van der Waals surface area contributed by atoms with Gasteiger partial charge in [-0.25, -0.2) is 0 Å². The molecule has 1 heterocycles. The number of amides is 2. The average Bonchev–Trinajstić information content (AvgIpc) is 2.61. The zero-order chi connectivity index (χ0) is 16.8. The summed E-state index contributed by atoms with van der Waals surface area (Å²) in [5, 5.41) is 5.70. The summed E-state index contributed by atoms with van der Waals surface area (Å²) in [5.41, 5.74) is 1.05. The molecule has 2 amide bonds. The zero-order valence-corrected chi connectivity index (χ0v) is 14.0. The first-order valence-electron chi connectivity index (χ1n) is 8.95. The van der Waals surface area contributed by atoms with Crippen molar-refractivity contribution in [2.45, 2.75) is 57.2 Å². The van der Waals surface area contributed by atoms with E-state index in [1.54, 1.807) is 0 Å². The van der Waals surface area contributed by atoms with Crippen molar-refractivity contribution in [3.8, 4) is 0 Å². The van der Waals surface area contributed by atoms with Gasteiger partial charge in [0.1, 0.15) is 12.1 Å². The topological polar surface area (TPSA) is 67.4 Å². The van der Waals surface area contributed by atoms with Crippen LogP contribution in [0.5, 0.6) is 0 Å². The van der Waals surface area contributed by atoms with E-state index in [0.717, 1.165) is 12.0 Å². The molecule has 1 aliphatic carbocycles. The van der Waals surface area contributed by atoms with E-state index in [2.05, 4.69) is 10.6 Å². The fraction of sp³-hybridized carbons (Fsp3) is 0.579. The molecule has 5 heteroatoms. The van der Waals surface area contributed by atoms with Gasteiger partial charge >= 0.3 is 0 Å². The minimum absolute atomic E-state index is 0.0755. The van der Waals surface area contributed by atoms with Crippen molar-refractivity contribution >= 4 is 11.8 Å². The second-order valence-corrected chi connectivity index (χ2v) is 6.86. The Bertz CT molecular complexity index is 555. The van der Waals surface area contributed by atoms with Crippen molar-refractivity contribution in [2.24, 2.45) is 5.92 Å². The van der Waals surface area contributed by atoms with E-state index >= 15 is 0 Å². The van der Waals surface area contributed by atoms with Crippen LogP contribution in [-0.4, -0.2) is 30.5 Å². The first kappa shape index (κ1) is 17.0. The summed E-state index contributed by atoms with van der Waals surface area (Å²) in [7, 11) is 0. The van der Waals surface area contributed by atoms with Gasteiger partial charge in [0.2, 0.25) is 11.8 Å². The van der Waals surface area contributed by atoms with E-state index in [1.807, 2.05) is 30.3 Å². The Balaban J connectivity index is 1.44. The minimum Gasteiger partial charge on any atom is -0.374 e. The minimum atomic E-state index is -0.594. The highest BCUT2D eigenvalue weighted by Gasteiger charge is 2.35. The molecule has 0 unspecified atom stereocenters. The third-order valence-electron chi connectivity index (χ3n) is 4.96. The Kier molecular flexibility index (Phi) is 5.86. The molecule has 1 aliphatic heterocycles. The lowest BCUT2D eigenvalue weighted by Gasteiger charge is -2.32. The summed E-state index contributed by atoms with van der Waals surface area (Å²) >= 11 is 0. The number of ether oxygens (including phenoxy) is 1. The number of carbonyl (C=O) groups excluding carboxylic acids is 2. The van der Waals surface area contributed by atoms with Crippen molar-refractivity contribution in [2.75, 3.05) is 6.61 Å². The van der Waals surface area contributed by atoms with Crippen LogP contribution in [0.3, 0.4) is 0 Å². The molecule has 5 nitrogen and oxygen atoms in total. The zero-order valence-electron chi connectivity index (χ0n) is 14.0. The lowest BCUT2D eigenvalue weighted by molar-refractivity contribution is -0.139. The van der Waals surface area contributed by atoms with Gasteiger partial charge in [-0.3, -0.25) is 9.59 Å². The van der Waals surface area contributed by atoms with Crippen LogP contribution in [0, 0.1) is 5.92 Å². The Morgan fingerprint density at radius 3 is 2.33 bits per heavy atom. The number of hydrogen-bond acceptors (Lipinski definition) is 3. The van der Waals surface area contributed by atoms with Crippen LogP contribution in [0.15, 0.2) is 30.3 Å². The van der Waals surface area contributed by atoms with Gasteiger partial charge in [0, 0.05) is 0 Å². The predicted octanol–water partition coefficient (Wildman–Crippen LogP) is 2.16. The highest BCUT2D eigenvalue weighted by molar-refractivity contribution is 5.96. The average molecular weight is 330 g/mol. The maximum atomic E-state index is 12.3. The van der Waals surface area contributed by atoms with Crippen LogP contribution in [0.1, 0.15) is 44.1 Å². The van der Waals surface area contributed by atoms with Gasteiger partial charge in [-0.2, -0.15) is 0 Å². The number of benzene rings is 1. The van der Waals surface area contributed by atoms with E-state index in [4.69, 9.17) is 4.74 Å². The summed E-state index contributed by atoms with van der Waals surface area (Å²) in [6, 6.07) is 8.81. The van der Waals surface area contributed by atoms with Gasteiger partial charge in [0.25, 0.3) is 0 Å². The smallest absolute Gasteiger partial charge is 0.245 e. The molecule has 0 spiro atoms. The molecule has 0 radical (unpaired) electrons. The van der Waals surface area contributed by atoms with Crippen LogP contribution in [0.25, 0.3) is 0 Å². The molecule has 2 N–H and O–H groups in total. The van der Waals surface area contributed by atoms with Crippen molar-refractivity contribution in [1.82, 2.24) is 10.6 Å². The summed E-state index contributed by atoms with van der Waals surface area (Å²) in [6.07, 6.45) is 6.87. The molecule has 2 fully saturated rings. The van der Waals surface area contributed by atoms with Crippen LogP contribution < -0.4 is 10.6 Å². The summed E-state index contributed by atoms with van der Waals surface area (Å²) in [5.74, 6) is 0.345. The van der Waals surface area contributed by atoms with E-state index < -0.39 is 6.04 Å². The van der Waals surface area contributed by atoms with Gasteiger partial charge in [0.05, 0.1) is 13.2 Å². The van der Waals surface area contributed by atoms with Gasteiger partial charge in [-0.15, -0.1) is 0 Å². The van der Waals surface area contributed by atoms with E-state index in [-0.39, 0.29) is 24.5 Å². The molecular formula is C19H26N2O3. The van der Waals surface area contributed by atoms with Crippen LogP contribution >= 0.6 is 0 Å². The normalized spacial score (nSPS) is 25.2. The third kappa shape index (κ3) is 4.57. The lowest BCUT2D eigenvalue weighted by atomic mass is 9.84. The largest absolute Gasteiger partial charge is 0.374 e. The van der Waals surface area contributed by atoms with Gasteiger partial charge in [-0.1, -0.05) is 62.4 Å². The first-order chi connectivity index (χ1) is 11.7. The molecule has 1 aromatic rings. The van der Waals surface area contributed by atoms with E-state index in [1.165, 1.54) is 32.1 Å². The molecule has 0 bridgehead atoms. The second kappa shape index (κ2) is 8.29. The molecule has 2 atom stereocenters. The molecule has 1 saturated carbocycles. The number of hydrogen-bond donors (Lipinski definition) is 2. The van der Waals surface area contributed by atoms with E-state index in [0.29, 0.717) is 12.5 Å². The van der Waals surface area contributed by atoms with E-state index in [9.17, 15) is 9.59 Å².